The lowest BCUT2D eigenvalue weighted by Crippen LogP contribution is -2.03. The molecule has 0 aliphatic carbocycles. The van der Waals surface area contributed by atoms with Crippen LogP contribution in [0, 0.1) is 0 Å². The van der Waals surface area contributed by atoms with Gasteiger partial charge in [0.25, 0.3) is 0 Å². The molecule has 5 heteroatoms. The zero-order valence-corrected chi connectivity index (χ0v) is 12.5. The standard InChI is InChI=1S/C15H15Cl2NO2/c1-2-7-20-12-5-3-10(4-6-12)15(19)14-13(17)8-11(16)9-18-14/h3-6,8-9,15,19H,2,7H2,1H3. The lowest BCUT2D eigenvalue weighted by Gasteiger charge is -2.13. The third kappa shape index (κ3) is 3.63. The minimum atomic E-state index is -0.889. The zero-order chi connectivity index (χ0) is 14.5. The van der Waals surface area contributed by atoms with Crippen LogP contribution < -0.4 is 4.74 Å². The summed E-state index contributed by atoms with van der Waals surface area (Å²) in [4.78, 5) is 4.08. The lowest BCUT2D eigenvalue weighted by molar-refractivity contribution is 0.215. The van der Waals surface area contributed by atoms with Crippen molar-refractivity contribution >= 4 is 23.2 Å². The summed E-state index contributed by atoms with van der Waals surface area (Å²) in [7, 11) is 0. The van der Waals surface area contributed by atoms with E-state index in [1.165, 1.54) is 6.20 Å². The number of ether oxygens (including phenoxy) is 1. The fourth-order valence-corrected chi connectivity index (χ4v) is 2.23. The summed E-state index contributed by atoms with van der Waals surface area (Å²) in [5.74, 6) is 0.776. The van der Waals surface area contributed by atoms with Crippen molar-refractivity contribution in [1.29, 1.82) is 0 Å². The average Bonchev–Trinajstić information content (AvgIpc) is 2.45. The van der Waals surface area contributed by atoms with Gasteiger partial charge < -0.3 is 9.84 Å². The van der Waals surface area contributed by atoms with Crippen LogP contribution in [0.5, 0.6) is 5.75 Å². The molecule has 1 heterocycles. The summed E-state index contributed by atoms with van der Waals surface area (Å²) in [6, 6.07) is 8.79. The molecule has 0 saturated carbocycles. The molecule has 1 N–H and O–H groups in total. The highest BCUT2D eigenvalue weighted by atomic mass is 35.5. The van der Waals surface area contributed by atoms with Gasteiger partial charge in [-0.15, -0.1) is 0 Å². The van der Waals surface area contributed by atoms with Gasteiger partial charge in [-0.25, -0.2) is 0 Å². The van der Waals surface area contributed by atoms with Crippen molar-refractivity contribution in [3.8, 4) is 5.75 Å². The van der Waals surface area contributed by atoms with Gasteiger partial charge in [-0.3, -0.25) is 4.98 Å². The van der Waals surface area contributed by atoms with Crippen LogP contribution in [0.25, 0.3) is 0 Å². The number of hydrogen-bond donors (Lipinski definition) is 1. The molecule has 1 unspecified atom stereocenters. The van der Waals surface area contributed by atoms with Gasteiger partial charge in [-0.2, -0.15) is 0 Å². The monoisotopic (exact) mass is 311 g/mol. The van der Waals surface area contributed by atoms with Crippen LogP contribution >= 0.6 is 23.2 Å². The second kappa shape index (κ2) is 6.93. The van der Waals surface area contributed by atoms with E-state index in [9.17, 15) is 5.11 Å². The number of rotatable bonds is 5. The molecule has 0 fully saturated rings. The molecule has 3 nitrogen and oxygen atoms in total. The maximum Gasteiger partial charge on any atom is 0.122 e. The molecule has 0 spiro atoms. The van der Waals surface area contributed by atoms with Crippen LogP contribution in [0.4, 0.5) is 0 Å². The molecule has 1 atom stereocenters. The molecule has 106 valence electrons. The molecule has 0 saturated heterocycles. The predicted octanol–water partition coefficient (Wildman–Crippen LogP) is 4.26. The Labute approximate surface area is 128 Å². The second-order valence-corrected chi connectivity index (χ2v) is 5.18. The van der Waals surface area contributed by atoms with Crippen molar-refractivity contribution < 1.29 is 9.84 Å². The van der Waals surface area contributed by atoms with Gasteiger partial charge in [0, 0.05) is 6.20 Å². The number of pyridine rings is 1. The number of nitrogens with zero attached hydrogens (tertiary/aromatic N) is 1. The minimum Gasteiger partial charge on any atom is -0.494 e. The Morgan fingerprint density at radius 2 is 1.95 bits per heavy atom. The van der Waals surface area contributed by atoms with Gasteiger partial charge in [0.1, 0.15) is 11.9 Å². The third-order valence-electron chi connectivity index (χ3n) is 2.76. The molecule has 1 aromatic carbocycles. The van der Waals surface area contributed by atoms with Crippen LogP contribution in [0.2, 0.25) is 10.0 Å². The van der Waals surface area contributed by atoms with Crippen molar-refractivity contribution in [1.82, 2.24) is 4.98 Å². The third-order valence-corrected chi connectivity index (χ3v) is 3.27. The highest BCUT2D eigenvalue weighted by Gasteiger charge is 2.16. The highest BCUT2D eigenvalue weighted by molar-refractivity contribution is 6.34. The number of aliphatic hydroxyl groups is 1. The number of aromatic nitrogens is 1. The van der Waals surface area contributed by atoms with Crippen LogP contribution in [-0.4, -0.2) is 16.7 Å². The quantitative estimate of drug-likeness (QED) is 0.897. The Hall–Kier alpha value is -1.29. The van der Waals surface area contributed by atoms with E-state index in [4.69, 9.17) is 27.9 Å². The molecule has 0 amide bonds. The molecule has 2 aromatic rings. The topological polar surface area (TPSA) is 42.4 Å². The summed E-state index contributed by atoms with van der Waals surface area (Å²) in [6.45, 7) is 2.72. The molecule has 20 heavy (non-hydrogen) atoms. The summed E-state index contributed by atoms with van der Waals surface area (Å²) < 4.78 is 5.49. The Kier molecular flexibility index (Phi) is 5.24. The molecule has 0 aliphatic rings. The average molecular weight is 312 g/mol. The first kappa shape index (κ1) is 15.1. The van der Waals surface area contributed by atoms with Crippen LogP contribution in [-0.2, 0) is 0 Å². The summed E-state index contributed by atoms with van der Waals surface area (Å²) in [6.07, 6.45) is 1.53. The second-order valence-electron chi connectivity index (χ2n) is 4.34. The Bertz CT molecular complexity index is 573. The van der Waals surface area contributed by atoms with Crippen LogP contribution in [0.15, 0.2) is 36.5 Å². The maximum atomic E-state index is 10.3. The largest absolute Gasteiger partial charge is 0.494 e. The number of hydrogen-bond acceptors (Lipinski definition) is 3. The van der Waals surface area contributed by atoms with Gasteiger partial charge in [0.05, 0.1) is 22.3 Å². The van der Waals surface area contributed by atoms with E-state index in [1.807, 2.05) is 19.1 Å². The van der Waals surface area contributed by atoms with E-state index in [0.717, 1.165) is 12.2 Å². The van der Waals surface area contributed by atoms with Crippen molar-refractivity contribution in [3.05, 3.63) is 57.8 Å². The van der Waals surface area contributed by atoms with Gasteiger partial charge >= 0.3 is 0 Å². The van der Waals surface area contributed by atoms with Crippen molar-refractivity contribution in [2.24, 2.45) is 0 Å². The molecule has 0 radical (unpaired) electrons. The van der Waals surface area contributed by atoms with Crippen molar-refractivity contribution in [2.75, 3.05) is 6.61 Å². The predicted molar refractivity (Wildman–Crippen MR) is 80.5 cm³/mol. The van der Waals surface area contributed by atoms with Crippen LogP contribution in [0.1, 0.15) is 30.7 Å². The number of aliphatic hydroxyl groups excluding tert-OH is 1. The van der Waals surface area contributed by atoms with Gasteiger partial charge in [-0.1, -0.05) is 42.3 Å². The fraction of sp³-hybridized carbons (Fsp3) is 0.267. The van der Waals surface area contributed by atoms with E-state index >= 15 is 0 Å². The smallest absolute Gasteiger partial charge is 0.122 e. The van der Waals surface area contributed by atoms with E-state index in [0.29, 0.717) is 27.9 Å². The van der Waals surface area contributed by atoms with E-state index in [-0.39, 0.29) is 0 Å². The minimum absolute atomic E-state index is 0.344. The first-order valence-electron chi connectivity index (χ1n) is 6.33. The molecule has 1 aromatic heterocycles. The summed E-state index contributed by atoms with van der Waals surface area (Å²) in [5, 5.41) is 11.1. The van der Waals surface area contributed by atoms with Gasteiger partial charge in [0.15, 0.2) is 0 Å². The Balaban J connectivity index is 2.18. The van der Waals surface area contributed by atoms with Crippen molar-refractivity contribution in [3.63, 3.8) is 0 Å². The van der Waals surface area contributed by atoms with Crippen LogP contribution in [0.3, 0.4) is 0 Å². The molecule has 0 bridgehead atoms. The SMILES string of the molecule is CCCOc1ccc(C(O)c2ncc(Cl)cc2Cl)cc1. The summed E-state index contributed by atoms with van der Waals surface area (Å²) in [5.41, 5.74) is 1.09. The maximum absolute atomic E-state index is 10.3. The molecule has 2 rings (SSSR count). The molecular formula is C15H15Cl2NO2. The Morgan fingerprint density at radius 3 is 2.55 bits per heavy atom. The first-order valence-corrected chi connectivity index (χ1v) is 7.09. The van der Waals surface area contributed by atoms with Gasteiger partial charge in [0.2, 0.25) is 0 Å². The van der Waals surface area contributed by atoms with Gasteiger partial charge in [-0.05, 0) is 30.2 Å². The number of halogens is 2. The zero-order valence-electron chi connectivity index (χ0n) is 11.0. The highest BCUT2D eigenvalue weighted by Crippen LogP contribution is 2.29. The van der Waals surface area contributed by atoms with E-state index in [1.54, 1.807) is 18.2 Å². The summed E-state index contributed by atoms with van der Waals surface area (Å²) >= 11 is 11.8. The first-order chi connectivity index (χ1) is 9.61. The van der Waals surface area contributed by atoms with Crippen molar-refractivity contribution in [2.45, 2.75) is 19.4 Å². The van der Waals surface area contributed by atoms with E-state index < -0.39 is 6.10 Å². The van der Waals surface area contributed by atoms with E-state index in [2.05, 4.69) is 4.98 Å². The fourth-order valence-electron chi connectivity index (χ4n) is 1.75. The number of benzene rings is 1. The normalized spacial score (nSPS) is 12.2. The lowest BCUT2D eigenvalue weighted by atomic mass is 10.1. The molecule has 0 aliphatic heterocycles. The Morgan fingerprint density at radius 1 is 1.25 bits per heavy atom. The molecular weight excluding hydrogens is 297 g/mol.